The van der Waals surface area contributed by atoms with Crippen LogP contribution in [0, 0.1) is 5.82 Å². The smallest absolute Gasteiger partial charge is 0.254 e. The van der Waals surface area contributed by atoms with Crippen molar-refractivity contribution in [1.29, 1.82) is 0 Å². The lowest BCUT2D eigenvalue weighted by atomic mass is 10.1. The summed E-state index contributed by atoms with van der Waals surface area (Å²) in [6.07, 6.45) is 0.485. The van der Waals surface area contributed by atoms with Gasteiger partial charge < -0.3 is 10.4 Å². The molecule has 0 saturated carbocycles. The van der Waals surface area contributed by atoms with Gasteiger partial charge in [0.15, 0.2) is 0 Å². The first kappa shape index (κ1) is 15.7. The summed E-state index contributed by atoms with van der Waals surface area (Å²) in [5, 5.41) is 12.0. The lowest BCUT2D eigenvalue weighted by molar-refractivity contribution is 0.0912. The molecule has 0 aliphatic heterocycles. The molecule has 21 heavy (non-hydrogen) atoms. The van der Waals surface area contributed by atoms with Crippen molar-refractivity contribution in [3.63, 3.8) is 0 Å². The molecule has 0 radical (unpaired) electrons. The number of hydrogen-bond donors (Lipinski definition) is 2. The minimum Gasteiger partial charge on any atom is -0.394 e. The molecule has 0 spiro atoms. The van der Waals surface area contributed by atoms with Crippen molar-refractivity contribution in [1.82, 2.24) is 5.32 Å². The third-order valence-corrected chi connectivity index (χ3v) is 3.55. The standard InChI is InChI=1S/C16H15BrFNO2/c17-12-6-7-15(18)14(9-12)16(21)19-13(10-20)8-11-4-2-1-3-5-11/h1-7,9,13,20H,8,10H2,(H,19,21)/t13-/m1/s1. The first-order valence-electron chi connectivity index (χ1n) is 6.51. The Bertz CT molecular complexity index is 619. The van der Waals surface area contributed by atoms with Crippen LogP contribution in [0.5, 0.6) is 0 Å². The van der Waals surface area contributed by atoms with Gasteiger partial charge in [0.1, 0.15) is 5.82 Å². The lowest BCUT2D eigenvalue weighted by Crippen LogP contribution is -2.39. The number of halogens is 2. The molecule has 2 aromatic carbocycles. The molecule has 0 heterocycles. The predicted molar refractivity (Wildman–Crippen MR) is 82.6 cm³/mol. The highest BCUT2D eigenvalue weighted by atomic mass is 79.9. The van der Waals surface area contributed by atoms with Crippen molar-refractivity contribution in [2.24, 2.45) is 0 Å². The van der Waals surface area contributed by atoms with Crippen LogP contribution in [0.1, 0.15) is 15.9 Å². The van der Waals surface area contributed by atoms with Gasteiger partial charge >= 0.3 is 0 Å². The van der Waals surface area contributed by atoms with Gasteiger partial charge in [-0.05, 0) is 30.2 Å². The molecule has 0 saturated heterocycles. The number of amides is 1. The number of benzene rings is 2. The molecular weight excluding hydrogens is 337 g/mol. The number of aliphatic hydroxyl groups excluding tert-OH is 1. The fraction of sp³-hybridized carbons (Fsp3) is 0.188. The SMILES string of the molecule is O=C(N[C@@H](CO)Cc1ccccc1)c1cc(Br)ccc1F. The quantitative estimate of drug-likeness (QED) is 0.869. The van der Waals surface area contributed by atoms with Gasteiger partial charge in [-0.3, -0.25) is 4.79 Å². The second-order valence-corrected chi connectivity index (χ2v) is 5.58. The van der Waals surface area contributed by atoms with Crippen molar-refractivity contribution in [2.75, 3.05) is 6.61 Å². The topological polar surface area (TPSA) is 49.3 Å². The van der Waals surface area contributed by atoms with E-state index in [1.165, 1.54) is 18.2 Å². The zero-order valence-electron chi connectivity index (χ0n) is 11.2. The van der Waals surface area contributed by atoms with E-state index in [4.69, 9.17) is 0 Å². The molecule has 2 aromatic rings. The fourth-order valence-corrected chi connectivity index (χ4v) is 2.36. The van der Waals surface area contributed by atoms with Crippen molar-refractivity contribution in [3.8, 4) is 0 Å². The molecule has 5 heteroatoms. The Morgan fingerprint density at radius 1 is 1.24 bits per heavy atom. The molecule has 0 aliphatic rings. The van der Waals surface area contributed by atoms with E-state index < -0.39 is 17.8 Å². The molecule has 3 nitrogen and oxygen atoms in total. The summed E-state index contributed by atoms with van der Waals surface area (Å²) >= 11 is 3.21. The van der Waals surface area contributed by atoms with E-state index in [9.17, 15) is 14.3 Å². The summed E-state index contributed by atoms with van der Waals surface area (Å²) in [4.78, 5) is 12.1. The molecular formula is C16H15BrFNO2. The van der Waals surface area contributed by atoms with Crippen LogP contribution in [0.25, 0.3) is 0 Å². The maximum Gasteiger partial charge on any atom is 0.254 e. The van der Waals surface area contributed by atoms with Crippen molar-refractivity contribution < 1.29 is 14.3 Å². The van der Waals surface area contributed by atoms with E-state index in [2.05, 4.69) is 21.2 Å². The van der Waals surface area contributed by atoms with Gasteiger partial charge in [0, 0.05) is 4.47 Å². The highest BCUT2D eigenvalue weighted by Gasteiger charge is 2.17. The monoisotopic (exact) mass is 351 g/mol. The van der Waals surface area contributed by atoms with Crippen LogP contribution in [0.4, 0.5) is 4.39 Å². The van der Waals surface area contributed by atoms with Crippen LogP contribution in [0.2, 0.25) is 0 Å². The molecule has 0 bridgehead atoms. The van der Waals surface area contributed by atoms with Gasteiger partial charge in [-0.15, -0.1) is 0 Å². The largest absolute Gasteiger partial charge is 0.394 e. The summed E-state index contributed by atoms with van der Waals surface area (Å²) in [7, 11) is 0. The fourth-order valence-electron chi connectivity index (χ4n) is 1.99. The lowest BCUT2D eigenvalue weighted by Gasteiger charge is -2.16. The average molecular weight is 352 g/mol. The summed E-state index contributed by atoms with van der Waals surface area (Å²) in [5.74, 6) is -1.13. The number of carbonyl (C=O) groups excluding carboxylic acids is 1. The minimum absolute atomic E-state index is 0.0455. The zero-order chi connectivity index (χ0) is 15.2. The van der Waals surface area contributed by atoms with Crippen molar-refractivity contribution in [2.45, 2.75) is 12.5 Å². The number of carbonyl (C=O) groups is 1. The maximum atomic E-state index is 13.7. The van der Waals surface area contributed by atoms with Gasteiger partial charge in [0.05, 0.1) is 18.2 Å². The number of aliphatic hydroxyl groups is 1. The van der Waals surface area contributed by atoms with E-state index in [1.54, 1.807) is 0 Å². The van der Waals surface area contributed by atoms with Crippen LogP contribution in [0.15, 0.2) is 53.0 Å². The second-order valence-electron chi connectivity index (χ2n) is 4.67. The highest BCUT2D eigenvalue weighted by molar-refractivity contribution is 9.10. The van der Waals surface area contributed by atoms with E-state index in [0.717, 1.165) is 5.56 Å². The molecule has 0 aromatic heterocycles. The molecule has 2 N–H and O–H groups in total. The molecule has 0 aliphatic carbocycles. The Morgan fingerprint density at radius 3 is 2.62 bits per heavy atom. The Labute approximate surface area is 130 Å². The van der Waals surface area contributed by atoms with Gasteiger partial charge in [0.2, 0.25) is 0 Å². The third-order valence-electron chi connectivity index (χ3n) is 3.05. The van der Waals surface area contributed by atoms with Gasteiger partial charge in [-0.1, -0.05) is 46.3 Å². The molecule has 110 valence electrons. The zero-order valence-corrected chi connectivity index (χ0v) is 12.8. The Morgan fingerprint density at radius 2 is 1.95 bits per heavy atom. The molecule has 0 fully saturated rings. The minimum atomic E-state index is -0.591. The number of nitrogens with one attached hydrogen (secondary N) is 1. The summed E-state index contributed by atoms with van der Waals surface area (Å²) in [5.41, 5.74) is 0.947. The van der Waals surface area contributed by atoms with Crippen LogP contribution in [-0.4, -0.2) is 23.7 Å². The second kappa shape index (κ2) is 7.33. The van der Waals surface area contributed by atoms with Crippen LogP contribution < -0.4 is 5.32 Å². The number of hydrogen-bond acceptors (Lipinski definition) is 2. The van der Waals surface area contributed by atoms with E-state index in [0.29, 0.717) is 10.9 Å². The average Bonchev–Trinajstić information content (AvgIpc) is 2.50. The summed E-state index contributed by atoms with van der Waals surface area (Å²) < 4.78 is 14.3. The van der Waals surface area contributed by atoms with E-state index in [-0.39, 0.29) is 12.2 Å². The Hall–Kier alpha value is -1.72. The van der Waals surface area contributed by atoms with Gasteiger partial charge in [0.25, 0.3) is 5.91 Å². The van der Waals surface area contributed by atoms with Crippen LogP contribution >= 0.6 is 15.9 Å². The molecule has 1 amide bonds. The summed E-state index contributed by atoms with van der Waals surface area (Å²) in [6, 6.07) is 13.2. The van der Waals surface area contributed by atoms with Gasteiger partial charge in [-0.2, -0.15) is 0 Å². The predicted octanol–water partition coefficient (Wildman–Crippen LogP) is 2.92. The van der Waals surface area contributed by atoms with E-state index in [1.807, 2.05) is 30.3 Å². The Kier molecular flexibility index (Phi) is 5.47. The third kappa shape index (κ3) is 4.37. The molecule has 1 atom stereocenters. The van der Waals surface area contributed by atoms with Crippen LogP contribution in [-0.2, 0) is 6.42 Å². The van der Waals surface area contributed by atoms with E-state index >= 15 is 0 Å². The molecule has 2 rings (SSSR count). The first-order chi connectivity index (χ1) is 10.1. The summed E-state index contributed by atoms with van der Waals surface area (Å²) in [6.45, 7) is -0.212. The first-order valence-corrected chi connectivity index (χ1v) is 7.30. The maximum absolute atomic E-state index is 13.7. The molecule has 0 unspecified atom stereocenters. The normalized spacial score (nSPS) is 12.0. The van der Waals surface area contributed by atoms with Crippen LogP contribution in [0.3, 0.4) is 0 Å². The van der Waals surface area contributed by atoms with Crippen molar-refractivity contribution >= 4 is 21.8 Å². The van der Waals surface area contributed by atoms with Gasteiger partial charge in [-0.25, -0.2) is 4.39 Å². The van der Waals surface area contributed by atoms with Crippen molar-refractivity contribution in [3.05, 3.63) is 69.9 Å². The number of rotatable bonds is 5. The highest BCUT2D eigenvalue weighted by Crippen LogP contribution is 2.15. The Balaban J connectivity index is 2.07.